The van der Waals surface area contributed by atoms with Gasteiger partial charge in [0.15, 0.2) is 0 Å². The van der Waals surface area contributed by atoms with Crippen LogP contribution in [-0.4, -0.2) is 18.0 Å². The summed E-state index contributed by atoms with van der Waals surface area (Å²) < 4.78 is 31.2. The third kappa shape index (κ3) is 3.66. The Hall–Kier alpha value is -1.65. The van der Waals surface area contributed by atoms with Gasteiger partial charge in [-0.2, -0.15) is 0 Å². The van der Waals surface area contributed by atoms with Gasteiger partial charge in [0.1, 0.15) is 0 Å². The summed E-state index contributed by atoms with van der Waals surface area (Å²) in [6.07, 6.45) is 6.30. The van der Waals surface area contributed by atoms with E-state index in [9.17, 15) is 8.78 Å². The van der Waals surface area contributed by atoms with Crippen LogP contribution in [0.3, 0.4) is 0 Å². The number of nitrogens with zero attached hydrogens (tertiary/aromatic N) is 1. The minimum Gasteiger partial charge on any atom is -0.481 e. The zero-order valence-corrected chi connectivity index (χ0v) is 10.9. The monoisotopic (exact) mass is 268 g/mol. The molecule has 1 saturated carbocycles. The van der Waals surface area contributed by atoms with Crippen LogP contribution in [-0.2, 0) is 0 Å². The lowest BCUT2D eigenvalue weighted by Gasteiger charge is -2.26. The lowest BCUT2D eigenvalue weighted by Crippen LogP contribution is -2.23. The number of allylic oxidation sites excluding steroid dienone is 1. The zero-order valence-electron chi connectivity index (χ0n) is 10.9. The molecule has 3 nitrogen and oxygen atoms in total. The van der Waals surface area contributed by atoms with Gasteiger partial charge in [-0.1, -0.05) is 12.2 Å². The molecule has 5 heteroatoms. The average Bonchev–Trinajstić information content (AvgIpc) is 2.38. The molecule has 0 saturated heterocycles. The molecule has 0 radical (unpaired) electrons. The van der Waals surface area contributed by atoms with Crippen LogP contribution < -0.4 is 10.5 Å². The van der Waals surface area contributed by atoms with E-state index in [4.69, 9.17) is 10.5 Å². The van der Waals surface area contributed by atoms with Gasteiger partial charge in [-0.3, -0.25) is 0 Å². The predicted molar refractivity (Wildman–Crippen MR) is 71.1 cm³/mol. The highest BCUT2D eigenvalue weighted by atomic mass is 19.3. The molecule has 0 bridgehead atoms. The number of pyridine rings is 1. The maximum atomic E-state index is 13.0. The van der Waals surface area contributed by atoms with Crippen LogP contribution >= 0.6 is 0 Å². The van der Waals surface area contributed by atoms with Crippen molar-refractivity contribution in [3.8, 4) is 5.88 Å². The summed E-state index contributed by atoms with van der Waals surface area (Å²) in [5.74, 6) is -1.81. The van der Waals surface area contributed by atoms with E-state index in [1.54, 1.807) is 6.07 Å². The maximum absolute atomic E-state index is 13.0. The largest absolute Gasteiger partial charge is 0.481 e. The Morgan fingerprint density at radius 2 is 2.11 bits per heavy atom. The van der Waals surface area contributed by atoms with Crippen molar-refractivity contribution in [1.82, 2.24) is 4.98 Å². The first-order valence-electron chi connectivity index (χ1n) is 6.36. The van der Waals surface area contributed by atoms with Crippen molar-refractivity contribution in [2.45, 2.75) is 31.6 Å². The average molecular weight is 268 g/mol. The molecular weight excluding hydrogens is 250 g/mol. The first-order chi connectivity index (χ1) is 9.00. The van der Waals surface area contributed by atoms with Gasteiger partial charge >= 0.3 is 0 Å². The van der Waals surface area contributed by atoms with Crippen molar-refractivity contribution in [1.29, 1.82) is 0 Å². The Labute approximate surface area is 111 Å². The first kappa shape index (κ1) is 13.8. The number of alkyl halides is 2. The number of rotatable bonds is 3. The van der Waals surface area contributed by atoms with Crippen molar-refractivity contribution in [3.63, 3.8) is 0 Å². The summed E-state index contributed by atoms with van der Waals surface area (Å²) in [7, 11) is 1.54. The van der Waals surface area contributed by atoms with E-state index >= 15 is 0 Å². The normalized spacial score (nSPS) is 19.7. The SMILES string of the molecule is COc1ncc(N)cc1/C=C/C1CCC(F)(F)CC1. The van der Waals surface area contributed by atoms with E-state index in [2.05, 4.69) is 4.98 Å². The molecule has 0 aromatic carbocycles. The van der Waals surface area contributed by atoms with Gasteiger partial charge in [0.05, 0.1) is 19.0 Å². The van der Waals surface area contributed by atoms with Gasteiger partial charge < -0.3 is 10.5 Å². The number of methoxy groups -OCH3 is 1. The fourth-order valence-electron chi connectivity index (χ4n) is 2.27. The van der Waals surface area contributed by atoms with Gasteiger partial charge in [-0.25, -0.2) is 13.8 Å². The third-order valence-electron chi connectivity index (χ3n) is 3.40. The second kappa shape index (κ2) is 5.55. The summed E-state index contributed by atoms with van der Waals surface area (Å²) >= 11 is 0. The Morgan fingerprint density at radius 1 is 1.42 bits per heavy atom. The van der Waals surface area contributed by atoms with Crippen LogP contribution in [0, 0.1) is 5.92 Å². The molecule has 1 aliphatic rings. The van der Waals surface area contributed by atoms with Gasteiger partial charge in [0, 0.05) is 18.4 Å². The number of ether oxygens (including phenoxy) is 1. The van der Waals surface area contributed by atoms with Crippen LogP contribution in [0.15, 0.2) is 18.3 Å². The Morgan fingerprint density at radius 3 is 2.74 bits per heavy atom. The lowest BCUT2D eigenvalue weighted by molar-refractivity contribution is -0.0410. The van der Waals surface area contributed by atoms with Crippen molar-refractivity contribution in [2.75, 3.05) is 12.8 Å². The predicted octanol–water partition coefficient (Wildman–Crippen LogP) is 3.51. The van der Waals surface area contributed by atoms with E-state index in [-0.39, 0.29) is 18.8 Å². The molecule has 19 heavy (non-hydrogen) atoms. The molecule has 0 atom stereocenters. The molecule has 1 aromatic rings. The van der Waals surface area contributed by atoms with E-state index < -0.39 is 5.92 Å². The molecule has 0 aliphatic heterocycles. The van der Waals surface area contributed by atoms with E-state index in [0.29, 0.717) is 24.4 Å². The molecule has 0 unspecified atom stereocenters. The molecule has 0 amide bonds. The highest BCUT2D eigenvalue weighted by Crippen LogP contribution is 2.37. The second-order valence-electron chi connectivity index (χ2n) is 4.92. The van der Waals surface area contributed by atoms with Gasteiger partial charge in [0.25, 0.3) is 0 Å². The van der Waals surface area contributed by atoms with Crippen molar-refractivity contribution in [3.05, 3.63) is 23.9 Å². The summed E-state index contributed by atoms with van der Waals surface area (Å²) in [6, 6.07) is 1.76. The van der Waals surface area contributed by atoms with Crippen LogP contribution in [0.25, 0.3) is 6.08 Å². The molecule has 2 N–H and O–H groups in total. The molecule has 2 rings (SSSR count). The summed E-state index contributed by atoms with van der Waals surface area (Å²) in [5, 5.41) is 0. The quantitative estimate of drug-likeness (QED) is 0.912. The summed E-state index contributed by atoms with van der Waals surface area (Å²) in [5.41, 5.74) is 7.00. The second-order valence-corrected chi connectivity index (χ2v) is 4.92. The summed E-state index contributed by atoms with van der Waals surface area (Å²) in [6.45, 7) is 0. The molecule has 104 valence electrons. The van der Waals surface area contributed by atoms with Crippen molar-refractivity contribution < 1.29 is 13.5 Å². The van der Waals surface area contributed by atoms with Crippen LogP contribution in [0.2, 0.25) is 0 Å². The fourth-order valence-corrected chi connectivity index (χ4v) is 2.27. The van der Waals surface area contributed by atoms with Gasteiger partial charge in [-0.05, 0) is 24.8 Å². The van der Waals surface area contributed by atoms with Crippen molar-refractivity contribution in [2.24, 2.45) is 5.92 Å². The molecule has 0 spiro atoms. The summed E-state index contributed by atoms with van der Waals surface area (Å²) in [4.78, 5) is 4.07. The van der Waals surface area contributed by atoms with Crippen LogP contribution in [0.5, 0.6) is 5.88 Å². The number of nitrogen functional groups attached to an aromatic ring is 1. The zero-order chi connectivity index (χ0) is 13.9. The fraction of sp³-hybridized carbons (Fsp3) is 0.500. The molecule has 1 heterocycles. The molecule has 1 aromatic heterocycles. The highest BCUT2D eigenvalue weighted by molar-refractivity contribution is 5.59. The Bertz CT molecular complexity index is 465. The van der Waals surface area contributed by atoms with Crippen LogP contribution in [0.1, 0.15) is 31.2 Å². The Kier molecular flexibility index (Phi) is 4.02. The number of aromatic nitrogens is 1. The van der Waals surface area contributed by atoms with Crippen molar-refractivity contribution >= 4 is 11.8 Å². The molecular formula is C14H18F2N2O. The Balaban J connectivity index is 2.05. The van der Waals surface area contributed by atoms with Gasteiger partial charge in [0.2, 0.25) is 11.8 Å². The molecule has 1 aliphatic carbocycles. The number of nitrogens with two attached hydrogens (primary N) is 1. The first-order valence-corrected chi connectivity index (χ1v) is 6.36. The third-order valence-corrected chi connectivity index (χ3v) is 3.40. The minimum absolute atomic E-state index is 0.0334. The topological polar surface area (TPSA) is 48.1 Å². The minimum atomic E-state index is -2.49. The maximum Gasteiger partial charge on any atom is 0.248 e. The van der Waals surface area contributed by atoms with E-state index in [0.717, 1.165) is 5.56 Å². The number of halogens is 2. The van der Waals surface area contributed by atoms with Crippen LogP contribution in [0.4, 0.5) is 14.5 Å². The number of anilines is 1. The van der Waals surface area contributed by atoms with Gasteiger partial charge in [-0.15, -0.1) is 0 Å². The smallest absolute Gasteiger partial charge is 0.248 e. The standard InChI is InChI=1S/C14H18F2N2O/c1-19-13-11(8-12(17)9-18-13)3-2-10-4-6-14(15,16)7-5-10/h2-3,8-10H,4-7,17H2,1H3/b3-2+. The lowest BCUT2D eigenvalue weighted by atomic mass is 9.86. The molecule has 1 fully saturated rings. The number of hydrogen-bond acceptors (Lipinski definition) is 3. The van der Waals surface area contributed by atoms with E-state index in [1.807, 2.05) is 12.2 Å². The number of hydrogen-bond donors (Lipinski definition) is 1. The highest BCUT2D eigenvalue weighted by Gasteiger charge is 2.33. The van der Waals surface area contributed by atoms with E-state index in [1.165, 1.54) is 13.3 Å².